The van der Waals surface area contributed by atoms with Gasteiger partial charge in [-0.1, -0.05) is 36.4 Å². The van der Waals surface area contributed by atoms with Crippen LogP contribution >= 0.6 is 0 Å². The average molecular weight is 400 g/mol. The second-order valence-corrected chi connectivity index (χ2v) is 7.09. The number of hydrogen-bond acceptors (Lipinski definition) is 3. The van der Waals surface area contributed by atoms with Gasteiger partial charge in [0.05, 0.1) is 18.0 Å². The quantitative estimate of drug-likeness (QED) is 0.393. The summed E-state index contributed by atoms with van der Waals surface area (Å²) in [6, 6.07) is 15.4. The van der Waals surface area contributed by atoms with Gasteiger partial charge < -0.3 is 19.7 Å². The van der Waals surface area contributed by atoms with Gasteiger partial charge in [0.1, 0.15) is 0 Å². The Labute approximate surface area is 171 Å². The third kappa shape index (κ3) is 2.59. The van der Waals surface area contributed by atoms with Crippen molar-refractivity contribution in [2.24, 2.45) is 0 Å². The highest BCUT2D eigenvalue weighted by Crippen LogP contribution is 2.32. The number of hydrogen-bond donors (Lipinski definition) is 3. The molecule has 2 aromatic carbocycles. The number of nitrogens with zero attached hydrogens (tertiary/aromatic N) is 1. The molecule has 0 atom stereocenters. The van der Waals surface area contributed by atoms with Crippen LogP contribution < -0.4 is 5.69 Å². The summed E-state index contributed by atoms with van der Waals surface area (Å²) < 4.78 is 6.78. The topological polar surface area (TPSA) is 95.7 Å². The Morgan fingerprint density at radius 1 is 1.00 bits per heavy atom. The standard InChI is InChI=1S/C23H20N4O3/c1-3-30-22(28)20-21(15-9-5-7-11-18(15)25-20)27-13(2)19(26-23(27)29)16-12-24-17-10-6-4-8-14(16)17/h4-12,24-25H,3H2,1-2H3,(H,26,29). The normalized spacial score (nSPS) is 11.4. The monoisotopic (exact) mass is 400 g/mol. The Balaban J connectivity index is 1.79. The van der Waals surface area contributed by atoms with Gasteiger partial charge in [-0.3, -0.25) is 4.57 Å². The molecule has 30 heavy (non-hydrogen) atoms. The lowest BCUT2D eigenvalue weighted by Crippen LogP contribution is -2.19. The maximum Gasteiger partial charge on any atom is 0.356 e. The third-order valence-electron chi connectivity index (χ3n) is 5.37. The van der Waals surface area contributed by atoms with Gasteiger partial charge in [-0.05, 0) is 26.0 Å². The van der Waals surface area contributed by atoms with E-state index in [1.54, 1.807) is 11.5 Å². The van der Waals surface area contributed by atoms with Crippen LogP contribution in [0.2, 0.25) is 0 Å². The molecule has 0 saturated heterocycles. The van der Waals surface area contributed by atoms with Crippen molar-refractivity contribution in [1.82, 2.24) is 19.5 Å². The van der Waals surface area contributed by atoms with E-state index in [1.165, 1.54) is 0 Å². The van der Waals surface area contributed by atoms with Crippen molar-refractivity contribution in [3.05, 3.63) is 76.6 Å². The number of aromatic amines is 3. The molecular formula is C23H20N4O3. The first-order valence-corrected chi connectivity index (χ1v) is 9.76. The van der Waals surface area contributed by atoms with Gasteiger partial charge in [-0.25, -0.2) is 9.59 Å². The summed E-state index contributed by atoms with van der Waals surface area (Å²) in [5.74, 6) is -0.496. The van der Waals surface area contributed by atoms with Gasteiger partial charge in [-0.15, -0.1) is 0 Å². The predicted molar refractivity (Wildman–Crippen MR) is 116 cm³/mol. The van der Waals surface area contributed by atoms with Crippen molar-refractivity contribution in [3.8, 4) is 16.9 Å². The number of benzene rings is 2. The van der Waals surface area contributed by atoms with Gasteiger partial charge in [0, 0.05) is 39.3 Å². The van der Waals surface area contributed by atoms with E-state index in [9.17, 15) is 9.59 Å². The number of carbonyl (C=O) groups excluding carboxylic acids is 1. The summed E-state index contributed by atoms with van der Waals surface area (Å²) >= 11 is 0. The van der Waals surface area contributed by atoms with Crippen molar-refractivity contribution in [2.45, 2.75) is 13.8 Å². The SMILES string of the molecule is CCOC(=O)c1[nH]c2ccccc2c1-n1c(C)c(-c2c[nH]c3ccccc23)[nH]c1=O. The van der Waals surface area contributed by atoms with E-state index in [1.807, 2.05) is 61.7 Å². The van der Waals surface area contributed by atoms with E-state index < -0.39 is 5.97 Å². The average Bonchev–Trinajstić information content (AvgIpc) is 3.41. The highest BCUT2D eigenvalue weighted by atomic mass is 16.5. The van der Waals surface area contributed by atoms with Crippen LogP contribution in [0, 0.1) is 6.92 Å². The zero-order valence-electron chi connectivity index (χ0n) is 16.6. The lowest BCUT2D eigenvalue weighted by atomic mass is 10.1. The minimum Gasteiger partial charge on any atom is -0.461 e. The van der Waals surface area contributed by atoms with E-state index in [4.69, 9.17) is 4.74 Å². The molecule has 0 amide bonds. The molecule has 0 aliphatic rings. The minimum atomic E-state index is -0.496. The Bertz CT molecular complexity index is 1460. The van der Waals surface area contributed by atoms with Crippen LogP contribution in [0.5, 0.6) is 0 Å². The lowest BCUT2D eigenvalue weighted by Gasteiger charge is -2.08. The van der Waals surface area contributed by atoms with Gasteiger partial charge >= 0.3 is 11.7 Å². The number of carbonyl (C=O) groups is 1. The van der Waals surface area contributed by atoms with Crippen LogP contribution in [0.15, 0.2) is 59.5 Å². The van der Waals surface area contributed by atoms with Crippen LogP contribution in [0.1, 0.15) is 23.1 Å². The van der Waals surface area contributed by atoms with Gasteiger partial charge in [0.25, 0.3) is 0 Å². The molecule has 0 aliphatic heterocycles. The number of fused-ring (bicyclic) bond motifs is 2. The van der Waals surface area contributed by atoms with E-state index in [0.29, 0.717) is 17.1 Å². The number of esters is 1. The van der Waals surface area contributed by atoms with E-state index >= 15 is 0 Å². The maximum absolute atomic E-state index is 13.1. The number of aromatic nitrogens is 4. The van der Waals surface area contributed by atoms with Gasteiger partial charge in [0.15, 0.2) is 5.69 Å². The molecule has 0 spiro atoms. The Morgan fingerprint density at radius 2 is 1.70 bits per heavy atom. The summed E-state index contributed by atoms with van der Waals surface area (Å²) in [5.41, 5.74) is 4.50. The molecule has 0 saturated carbocycles. The van der Waals surface area contributed by atoms with Crippen LogP contribution in [-0.2, 0) is 4.74 Å². The van der Waals surface area contributed by atoms with E-state index in [2.05, 4.69) is 15.0 Å². The number of rotatable bonds is 4. The molecule has 3 heterocycles. The summed E-state index contributed by atoms with van der Waals surface area (Å²) in [4.78, 5) is 35.1. The number of imidazole rings is 1. The Morgan fingerprint density at radius 3 is 2.47 bits per heavy atom. The molecule has 3 aromatic heterocycles. The smallest absolute Gasteiger partial charge is 0.356 e. The van der Waals surface area contributed by atoms with Crippen molar-refractivity contribution in [3.63, 3.8) is 0 Å². The molecule has 5 rings (SSSR count). The van der Waals surface area contributed by atoms with E-state index in [-0.39, 0.29) is 18.0 Å². The molecule has 0 radical (unpaired) electrons. The van der Waals surface area contributed by atoms with Crippen molar-refractivity contribution in [2.75, 3.05) is 6.61 Å². The predicted octanol–water partition coefficient (Wildman–Crippen LogP) is 4.28. The first kappa shape index (κ1) is 18.1. The lowest BCUT2D eigenvalue weighted by molar-refractivity contribution is 0.0520. The van der Waals surface area contributed by atoms with Crippen molar-refractivity contribution in [1.29, 1.82) is 0 Å². The Hall–Kier alpha value is -4.00. The summed E-state index contributed by atoms with van der Waals surface area (Å²) in [5, 5.41) is 1.79. The van der Waals surface area contributed by atoms with Gasteiger partial charge in [-0.2, -0.15) is 0 Å². The van der Waals surface area contributed by atoms with Crippen molar-refractivity contribution >= 4 is 27.8 Å². The fourth-order valence-corrected chi connectivity index (χ4v) is 4.04. The molecular weight excluding hydrogens is 380 g/mol. The largest absolute Gasteiger partial charge is 0.461 e. The second kappa shape index (κ2) is 6.81. The minimum absolute atomic E-state index is 0.245. The van der Waals surface area contributed by atoms with Crippen LogP contribution in [0.4, 0.5) is 0 Å². The molecule has 7 heteroatoms. The number of ether oxygens (including phenoxy) is 1. The number of H-pyrrole nitrogens is 3. The second-order valence-electron chi connectivity index (χ2n) is 7.09. The molecule has 7 nitrogen and oxygen atoms in total. The van der Waals surface area contributed by atoms with Gasteiger partial charge in [0.2, 0.25) is 0 Å². The summed E-state index contributed by atoms with van der Waals surface area (Å²) in [7, 11) is 0. The molecule has 150 valence electrons. The first-order valence-electron chi connectivity index (χ1n) is 9.76. The summed E-state index contributed by atoms with van der Waals surface area (Å²) in [6.07, 6.45) is 1.88. The van der Waals surface area contributed by atoms with Crippen LogP contribution in [0.25, 0.3) is 38.8 Å². The number of nitrogens with one attached hydrogen (secondary N) is 3. The highest BCUT2D eigenvalue weighted by Gasteiger charge is 2.25. The molecule has 0 unspecified atom stereocenters. The van der Waals surface area contributed by atoms with Crippen LogP contribution in [-0.4, -0.2) is 32.1 Å². The molecule has 0 aliphatic carbocycles. The fourth-order valence-electron chi connectivity index (χ4n) is 4.04. The van der Waals surface area contributed by atoms with E-state index in [0.717, 1.165) is 27.4 Å². The Kier molecular flexibility index (Phi) is 4.10. The zero-order chi connectivity index (χ0) is 20.8. The summed E-state index contributed by atoms with van der Waals surface area (Å²) in [6.45, 7) is 3.87. The molecule has 0 bridgehead atoms. The third-order valence-corrected chi connectivity index (χ3v) is 5.37. The molecule has 5 aromatic rings. The number of para-hydroxylation sites is 2. The fraction of sp³-hybridized carbons (Fsp3) is 0.130. The molecule has 3 N–H and O–H groups in total. The first-order chi connectivity index (χ1) is 14.6. The maximum atomic E-state index is 13.1. The molecule has 0 fully saturated rings. The highest BCUT2D eigenvalue weighted by molar-refractivity contribution is 6.03. The van der Waals surface area contributed by atoms with Crippen LogP contribution in [0.3, 0.4) is 0 Å². The zero-order valence-corrected chi connectivity index (χ0v) is 16.6. The van der Waals surface area contributed by atoms with Crippen molar-refractivity contribution < 1.29 is 9.53 Å².